The molecule has 0 radical (unpaired) electrons. The Balaban J connectivity index is 1.90. The van der Waals surface area contributed by atoms with Gasteiger partial charge >= 0.3 is 0 Å². The molecule has 2 aromatic carbocycles. The van der Waals surface area contributed by atoms with Crippen molar-refractivity contribution in [2.75, 3.05) is 5.75 Å². The minimum absolute atomic E-state index is 0.156. The summed E-state index contributed by atoms with van der Waals surface area (Å²) in [6, 6.07) is 14.2. The van der Waals surface area contributed by atoms with Gasteiger partial charge in [0.05, 0.1) is 5.75 Å². The molecule has 0 aliphatic carbocycles. The minimum Gasteiger partial charge on any atom is -0.298 e. The van der Waals surface area contributed by atoms with Gasteiger partial charge < -0.3 is 0 Å². The molecule has 2 rings (SSSR count). The molecule has 0 fully saturated rings. The van der Waals surface area contributed by atoms with Crippen LogP contribution in [0.25, 0.3) is 0 Å². The maximum absolute atomic E-state index is 13.0. The second-order valence-corrected chi connectivity index (χ2v) is 5.44. The predicted molar refractivity (Wildman–Crippen MR) is 77.0 cm³/mol. The highest BCUT2D eigenvalue weighted by Gasteiger charge is 2.07. The number of benzene rings is 2. The van der Waals surface area contributed by atoms with E-state index in [1.165, 1.54) is 23.9 Å². The molecular formula is C16H15FOS. The zero-order valence-corrected chi connectivity index (χ0v) is 11.5. The Morgan fingerprint density at radius 2 is 1.95 bits per heavy atom. The number of aryl methyl sites for hydroxylation is 1. The summed E-state index contributed by atoms with van der Waals surface area (Å²) in [5.41, 5.74) is 2.19. The van der Waals surface area contributed by atoms with Crippen molar-refractivity contribution in [3.8, 4) is 0 Å². The van der Waals surface area contributed by atoms with Crippen LogP contribution in [0.1, 0.15) is 11.1 Å². The van der Waals surface area contributed by atoms with Crippen LogP contribution in [0, 0.1) is 12.7 Å². The monoisotopic (exact) mass is 274 g/mol. The Hall–Kier alpha value is -1.61. The van der Waals surface area contributed by atoms with E-state index in [2.05, 4.69) is 0 Å². The predicted octanol–water partition coefficient (Wildman–Crippen LogP) is 4.04. The van der Waals surface area contributed by atoms with Crippen LogP contribution in [0.4, 0.5) is 4.39 Å². The van der Waals surface area contributed by atoms with Gasteiger partial charge in [-0.05, 0) is 36.2 Å². The summed E-state index contributed by atoms with van der Waals surface area (Å²) in [7, 11) is 0. The zero-order valence-electron chi connectivity index (χ0n) is 10.7. The zero-order chi connectivity index (χ0) is 13.7. The number of rotatable bonds is 5. The lowest BCUT2D eigenvalue weighted by molar-refractivity contribution is -0.116. The van der Waals surface area contributed by atoms with E-state index in [-0.39, 0.29) is 11.6 Å². The molecule has 1 nitrogen and oxygen atoms in total. The van der Waals surface area contributed by atoms with E-state index in [0.29, 0.717) is 12.2 Å². The van der Waals surface area contributed by atoms with E-state index in [0.717, 1.165) is 16.0 Å². The normalized spacial score (nSPS) is 10.4. The SMILES string of the molecule is Cc1ccccc1CC(=O)CSc1cccc(F)c1. The molecule has 0 bridgehead atoms. The van der Waals surface area contributed by atoms with E-state index in [1.54, 1.807) is 6.07 Å². The Bertz CT molecular complexity index is 580. The Labute approximate surface area is 116 Å². The number of Topliss-reactive ketones (excluding diaryl/α,β-unsaturated/α-hetero) is 1. The third kappa shape index (κ3) is 4.21. The summed E-state index contributed by atoms with van der Waals surface area (Å²) in [6.45, 7) is 2.00. The first-order chi connectivity index (χ1) is 9.15. The summed E-state index contributed by atoms with van der Waals surface area (Å²) in [4.78, 5) is 12.7. The van der Waals surface area contributed by atoms with Gasteiger partial charge in [0.25, 0.3) is 0 Å². The lowest BCUT2D eigenvalue weighted by atomic mass is 10.0. The molecule has 19 heavy (non-hydrogen) atoms. The van der Waals surface area contributed by atoms with Gasteiger partial charge in [-0.3, -0.25) is 4.79 Å². The minimum atomic E-state index is -0.267. The first kappa shape index (κ1) is 13.8. The third-order valence-electron chi connectivity index (χ3n) is 2.84. The molecule has 0 saturated carbocycles. The molecule has 98 valence electrons. The van der Waals surface area contributed by atoms with Crippen LogP contribution >= 0.6 is 11.8 Å². The highest BCUT2D eigenvalue weighted by atomic mass is 32.2. The van der Waals surface area contributed by atoms with Crippen LogP contribution in [0.15, 0.2) is 53.4 Å². The molecule has 0 amide bonds. The fourth-order valence-corrected chi connectivity index (χ4v) is 2.59. The highest BCUT2D eigenvalue weighted by molar-refractivity contribution is 8.00. The highest BCUT2D eigenvalue weighted by Crippen LogP contribution is 2.19. The van der Waals surface area contributed by atoms with E-state index in [1.807, 2.05) is 37.3 Å². The van der Waals surface area contributed by atoms with E-state index >= 15 is 0 Å². The van der Waals surface area contributed by atoms with E-state index < -0.39 is 0 Å². The number of hydrogen-bond acceptors (Lipinski definition) is 2. The van der Waals surface area contributed by atoms with Crippen molar-refractivity contribution in [1.82, 2.24) is 0 Å². The van der Waals surface area contributed by atoms with Gasteiger partial charge in [0, 0.05) is 11.3 Å². The molecule has 0 spiro atoms. The maximum Gasteiger partial charge on any atom is 0.147 e. The second kappa shape index (κ2) is 6.53. The standard InChI is InChI=1S/C16H15FOS/c1-12-5-2-3-6-13(12)9-15(18)11-19-16-8-4-7-14(17)10-16/h2-8,10H,9,11H2,1H3. The number of hydrogen-bond donors (Lipinski definition) is 0. The molecule has 0 aliphatic heterocycles. The lowest BCUT2D eigenvalue weighted by Gasteiger charge is -2.05. The third-order valence-corrected chi connectivity index (χ3v) is 3.90. The van der Waals surface area contributed by atoms with Gasteiger partial charge in [-0.25, -0.2) is 4.39 Å². The molecule has 0 saturated heterocycles. The molecule has 0 atom stereocenters. The van der Waals surface area contributed by atoms with Crippen LogP contribution in [0.5, 0.6) is 0 Å². The number of carbonyl (C=O) groups excluding carboxylic acids is 1. The Morgan fingerprint density at radius 1 is 1.16 bits per heavy atom. The Morgan fingerprint density at radius 3 is 2.68 bits per heavy atom. The van der Waals surface area contributed by atoms with Crippen molar-refractivity contribution in [2.24, 2.45) is 0 Å². The molecule has 0 N–H and O–H groups in total. The smallest absolute Gasteiger partial charge is 0.147 e. The molecule has 0 aliphatic rings. The number of carbonyl (C=O) groups is 1. The van der Waals surface area contributed by atoms with Gasteiger partial charge in [0.2, 0.25) is 0 Å². The molecule has 3 heteroatoms. The molecule has 0 heterocycles. The largest absolute Gasteiger partial charge is 0.298 e. The van der Waals surface area contributed by atoms with Crippen LogP contribution in [0.3, 0.4) is 0 Å². The van der Waals surface area contributed by atoms with Crippen LogP contribution in [0.2, 0.25) is 0 Å². The van der Waals surface area contributed by atoms with Crippen LogP contribution < -0.4 is 0 Å². The second-order valence-electron chi connectivity index (χ2n) is 4.39. The van der Waals surface area contributed by atoms with E-state index in [9.17, 15) is 9.18 Å². The summed E-state index contributed by atoms with van der Waals surface area (Å²) in [5.74, 6) is 0.262. The quantitative estimate of drug-likeness (QED) is 0.765. The fourth-order valence-electron chi connectivity index (χ4n) is 1.79. The average molecular weight is 274 g/mol. The first-order valence-corrected chi connectivity index (χ1v) is 7.08. The van der Waals surface area contributed by atoms with Gasteiger partial charge in [0.1, 0.15) is 11.6 Å². The number of ketones is 1. The van der Waals surface area contributed by atoms with Crippen molar-refractivity contribution >= 4 is 17.5 Å². The molecule has 0 unspecified atom stereocenters. The average Bonchev–Trinajstić information content (AvgIpc) is 2.39. The van der Waals surface area contributed by atoms with Crippen LogP contribution in [-0.4, -0.2) is 11.5 Å². The number of thioether (sulfide) groups is 1. The molecular weight excluding hydrogens is 259 g/mol. The topological polar surface area (TPSA) is 17.1 Å². The van der Waals surface area contributed by atoms with Crippen molar-refractivity contribution in [3.63, 3.8) is 0 Å². The maximum atomic E-state index is 13.0. The number of halogens is 1. The van der Waals surface area contributed by atoms with Crippen molar-refractivity contribution < 1.29 is 9.18 Å². The summed E-state index contributed by atoms with van der Waals surface area (Å²) in [5, 5.41) is 0. The van der Waals surface area contributed by atoms with Crippen molar-refractivity contribution in [3.05, 3.63) is 65.5 Å². The molecule has 0 aromatic heterocycles. The molecule has 2 aromatic rings. The lowest BCUT2D eigenvalue weighted by Crippen LogP contribution is -2.06. The van der Waals surface area contributed by atoms with Gasteiger partial charge in [0.15, 0.2) is 0 Å². The van der Waals surface area contributed by atoms with Crippen molar-refractivity contribution in [1.29, 1.82) is 0 Å². The van der Waals surface area contributed by atoms with E-state index in [4.69, 9.17) is 0 Å². The van der Waals surface area contributed by atoms with Crippen molar-refractivity contribution in [2.45, 2.75) is 18.2 Å². The summed E-state index contributed by atoms with van der Waals surface area (Å²) < 4.78 is 13.0. The van der Waals surface area contributed by atoms with Gasteiger partial charge in [-0.2, -0.15) is 0 Å². The summed E-state index contributed by atoms with van der Waals surface area (Å²) >= 11 is 1.38. The fraction of sp³-hybridized carbons (Fsp3) is 0.188. The van der Waals surface area contributed by atoms with Gasteiger partial charge in [-0.1, -0.05) is 30.3 Å². The van der Waals surface area contributed by atoms with Gasteiger partial charge in [-0.15, -0.1) is 11.8 Å². The first-order valence-electron chi connectivity index (χ1n) is 6.10. The van der Waals surface area contributed by atoms with Crippen LogP contribution in [-0.2, 0) is 11.2 Å². The Kier molecular flexibility index (Phi) is 4.74. The summed E-state index contributed by atoms with van der Waals surface area (Å²) in [6.07, 6.45) is 0.439.